The number of Topliss-reactive ketones (excluding diaryl/α,β-unsaturated/α-hetero) is 1. The van der Waals surface area contributed by atoms with Gasteiger partial charge in [0.15, 0.2) is 0 Å². The molecule has 11 heavy (non-hydrogen) atoms. The van der Waals surface area contributed by atoms with Crippen molar-refractivity contribution >= 4 is 5.78 Å². The van der Waals surface area contributed by atoms with E-state index in [9.17, 15) is 4.79 Å². The molecule has 3 nitrogen and oxygen atoms in total. The van der Waals surface area contributed by atoms with E-state index in [2.05, 4.69) is 24.5 Å². The number of ketones is 1. The highest BCUT2D eigenvalue weighted by Crippen LogP contribution is 1.99. The molecule has 0 bridgehead atoms. The smallest absolute Gasteiger partial charge is 0.148 e. The lowest BCUT2D eigenvalue weighted by molar-refractivity contribution is -0.116. The van der Waals surface area contributed by atoms with E-state index in [0.29, 0.717) is 30.8 Å². The molecule has 0 aromatic carbocycles. The van der Waals surface area contributed by atoms with Crippen molar-refractivity contribution in [1.82, 2.24) is 10.6 Å². The minimum atomic E-state index is 0.334. The molecule has 3 heteroatoms. The van der Waals surface area contributed by atoms with Crippen LogP contribution in [0, 0.1) is 0 Å². The highest BCUT2D eigenvalue weighted by Gasteiger charge is 2.20. The van der Waals surface area contributed by atoms with Crippen molar-refractivity contribution in [2.24, 2.45) is 0 Å². The quantitative estimate of drug-likeness (QED) is 0.600. The van der Waals surface area contributed by atoms with Gasteiger partial charge in [0, 0.05) is 25.0 Å². The van der Waals surface area contributed by atoms with Gasteiger partial charge < -0.3 is 10.6 Å². The molecule has 1 heterocycles. The Morgan fingerprint density at radius 3 is 2.91 bits per heavy atom. The molecule has 64 valence electrons. The second-order valence-corrected chi connectivity index (χ2v) is 3.38. The second-order valence-electron chi connectivity index (χ2n) is 3.38. The fourth-order valence-electron chi connectivity index (χ4n) is 1.20. The lowest BCUT2D eigenvalue weighted by atomic mass is 10.2. The van der Waals surface area contributed by atoms with Gasteiger partial charge in [-0.25, -0.2) is 0 Å². The van der Waals surface area contributed by atoms with Crippen LogP contribution in [0.2, 0.25) is 0 Å². The Hall–Kier alpha value is -0.410. The molecule has 0 saturated carbocycles. The van der Waals surface area contributed by atoms with Gasteiger partial charge in [-0.05, 0) is 0 Å². The lowest BCUT2D eigenvalue weighted by Crippen LogP contribution is -2.37. The Labute approximate surface area is 67.5 Å². The van der Waals surface area contributed by atoms with Crippen LogP contribution in [-0.2, 0) is 4.79 Å². The fourth-order valence-corrected chi connectivity index (χ4v) is 1.20. The van der Waals surface area contributed by atoms with E-state index < -0.39 is 0 Å². The summed E-state index contributed by atoms with van der Waals surface area (Å²) in [5.41, 5.74) is 0. The average molecular weight is 156 g/mol. The molecule has 1 atom stereocenters. The Kier molecular flexibility index (Phi) is 3.02. The molecule has 0 spiro atoms. The summed E-state index contributed by atoms with van der Waals surface area (Å²) in [6.45, 7) is 5.68. The fraction of sp³-hybridized carbons (Fsp3) is 0.875. The van der Waals surface area contributed by atoms with Gasteiger partial charge in [-0.15, -0.1) is 0 Å². The van der Waals surface area contributed by atoms with E-state index in [1.54, 1.807) is 0 Å². The van der Waals surface area contributed by atoms with E-state index >= 15 is 0 Å². The van der Waals surface area contributed by atoms with Crippen molar-refractivity contribution in [2.75, 3.05) is 13.1 Å². The predicted molar refractivity (Wildman–Crippen MR) is 44.6 cm³/mol. The molecule has 1 fully saturated rings. The molecular weight excluding hydrogens is 140 g/mol. The van der Waals surface area contributed by atoms with Crippen LogP contribution in [0.4, 0.5) is 0 Å². The highest BCUT2D eigenvalue weighted by molar-refractivity contribution is 5.83. The van der Waals surface area contributed by atoms with Gasteiger partial charge in [0.05, 0.1) is 6.54 Å². The minimum absolute atomic E-state index is 0.334. The van der Waals surface area contributed by atoms with Gasteiger partial charge in [0.1, 0.15) is 5.78 Å². The van der Waals surface area contributed by atoms with Gasteiger partial charge in [0.25, 0.3) is 0 Å². The van der Waals surface area contributed by atoms with Gasteiger partial charge >= 0.3 is 0 Å². The van der Waals surface area contributed by atoms with Crippen LogP contribution < -0.4 is 10.6 Å². The van der Waals surface area contributed by atoms with E-state index in [-0.39, 0.29) is 0 Å². The topological polar surface area (TPSA) is 41.1 Å². The molecule has 1 aliphatic heterocycles. The molecule has 2 N–H and O–H groups in total. The van der Waals surface area contributed by atoms with E-state index in [0.717, 1.165) is 6.54 Å². The van der Waals surface area contributed by atoms with Gasteiger partial charge in [-0.3, -0.25) is 4.79 Å². The van der Waals surface area contributed by atoms with Crippen LogP contribution in [0.5, 0.6) is 0 Å². The van der Waals surface area contributed by atoms with Crippen molar-refractivity contribution in [3.8, 4) is 0 Å². The molecule has 1 rings (SSSR count). The number of carbonyl (C=O) groups excluding carboxylic acids is 1. The lowest BCUT2D eigenvalue weighted by Gasteiger charge is -2.12. The first-order chi connectivity index (χ1) is 5.18. The summed E-state index contributed by atoms with van der Waals surface area (Å²) < 4.78 is 0. The monoisotopic (exact) mass is 156 g/mol. The Morgan fingerprint density at radius 2 is 2.45 bits per heavy atom. The standard InChI is InChI=1S/C8H16N2O/c1-6(2)9-4-7-3-8(11)5-10-7/h6-7,9-10H,3-5H2,1-2H3. The summed E-state index contributed by atoms with van der Waals surface area (Å²) in [6, 6.07) is 0.873. The zero-order valence-electron chi connectivity index (χ0n) is 7.18. The van der Waals surface area contributed by atoms with Gasteiger partial charge in [0.2, 0.25) is 0 Å². The second kappa shape index (κ2) is 3.83. The number of hydrogen-bond acceptors (Lipinski definition) is 3. The zero-order chi connectivity index (χ0) is 8.27. The third kappa shape index (κ3) is 2.99. The highest BCUT2D eigenvalue weighted by atomic mass is 16.1. The Morgan fingerprint density at radius 1 is 1.73 bits per heavy atom. The molecular formula is C8H16N2O. The van der Waals surface area contributed by atoms with Crippen LogP contribution in [0.15, 0.2) is 0 Å². The van der Waals surface area contributed by atoms with Crippen LogP contribution in [0.1, 0.15) is 20.3 Å². The summed E-state index contributed by atoms with van der Waals surface area (Å²) in [6.07, 6.45) is 0.694. The Bertz CT molecular complexity index is 145. The number of nitrogens with one attached hydrogen (secondary N) is 2. The molecule has 1 saturated heterocycles. The summed E-state index contributed by atoms with van der Waals surface area (Å²) in [4.78, 5) is 10.8. The van der Waals surface area contributed by atoms with Crippen LogP contribution in [0.25, 0.3) is 0 Å². The summed E-state index contributed by atoms with van der Waals surface area (Å²) in [7, 11) is 0. The summed E-state index contributed by atoms with van der Waals surface area (Å²) >= 11 is 0. The number of hydrogen-bond donors (Lipinski definition) is 2. The summed E-state index contributed by atoms with van der Waals surface area (Å²) in [5.74, 6) is 0.334. The first-order valence-corrected chi connectivity index (χ1v) is 4.17. The van der Waals surface area contributed by atoms with Crippen LogP contribution in [0.3, 0.4) is 0 Å². The molecule has 0 radical (unpaired) electrons. The van der Waals surface area contributed by atoms with E-state index in [4.69, 9.17) is 0 Å². The SMILES string of the molecule is CC(C)NCC1CC(=O)CN1. The van der Waals surface area contributed by atoms with Gasteiger partial charge in [-0.2, -0.15) is 0 Å². The zero-order valence-corrected chi connectivity index (χ0v) is 7.18. The van der Waals surface area contributed by atoms with Crippen molar-refractivity contribution in [1.29, 1.82) is 0 Å². The van der Waals surface area contributed by atoms with E-state index in [1.165, 1.54) is 0 Å². The molecule has 0 aromatic rings. The van der Waals surface area contributed by atoms with Crippen molar-refractivity contribution in [3.05, 3.63) is 0 Å². The average Bonchev–Trinajstić information content (AvgIpc) is 2.31. The number of rotatable bonds is 3. The maximum Gasteiger partial charge on any atom is 0.148 e. The largest absolute Gasteiger partial charge is 0.313 e. The van der Waals surface area contributed by atoms with Crippen molar-refractivity contribution < 1.29 is 4.79 Å². The minimum Gasteiger partial charge on any atom is -0.313 e. The molecule has 1 aliphatic rings. The third-order valence-corrected chi connectivity index (χ3v) is 1.83. The maximum absolute atomic E-state index is 10.8. The first kappa shape index (κ1) is 8.68. The number of carbonyl (C=O) groups is 1. The third-order valence-electron chi connectivity index (χ3n) is 1.83. The maximum atomic E-state index is 10.8. The normalized spacial score (nSPS) is 25.0. The molecule has 1 unspecified atom stereocenters. The predicted octanol–water partition coefficient (Wildman–Crippen LogP) is -0.0846. The summed E-state index contributed by atoms with van der Waals surface area (Å²) in [5, 5.41) is 6.44. The molecule has 0 aromatic heterocycles. The van der Waals surface area contributed by atoms with E-state index in [1.807, 2.05) is 0 Å². The van der Waals surface area contributed by atoms with Crippen molar-refractivity contribution in [3.63, 3.8) is 0 Å². The van der Waals surface area contributed by atoms with Crippen LogP contribution in [-0.4, -0.2) is 31.0 Å². The van der Waals surface area contributed by atoms with Crippen LogP contribution >= 0.6 is 0 Å². The Balaban J connectivity index is 2.13. The molecule has 0 aliphatic carbocycles. The van der Waals surface area contributed by atoms with Crippen molar-refractivity contribution in [2.45, 2.75) is 32.4 Å². The first-order valence-electron chi connectivity index (χ1n) is 4.17. The van der Waals surface area contributed by atoms with Gasteiger partial charge in [-0.1, -0.05) is 13.8 Å². The molecule has 0 amide bonds.